The van der Waals surface area contributed by atoms with Crippen LogP contribution in [0, 0.1) is 11.8 Å². The first-order chi connectivity index (χ1) is 8.49. The molecule has 0 aliphatic heterocycles. The van der Waals surface area contributed by atoms with Gasteiger partial charge in [-0.15, -0.1) is 0 Å². The van der Waals surface area contributed by atoms with Crippen molar-refractivity contribution in [2.45, 2.75) is 39.2 Å². The third kappa shape index (κ3) is 2.49. The van der Waals surface area contributed by atoms with Crippen molar-refractivity contribution in [2.75, 3.05) is 5.73 Å². The SMILES string of the molecule is CC1CCC(NC(=O)c2cnn(C)c2N)CC1C. The van der Waals surface area contributed by atoms with Gasteiger partial charge >= 0.3 is 0 Å². The third-order valence-electron chi connectivity index (χ3n) is 4.16. The summed E-state index contributed by atoms with van der Waals surface area (Å²) in [6, 6.07) is 0.267. The number of hydrogen-bond acceptors (Lipinski definition) is 3. The molecule has 1 aliphatic carbocycles. The predicted octanol–water partition coefficient (Wildman–Crippen LogP) is 1.56. The molecule has 3 N–H and O–H groups in total. The zero-order valence-electron chi connectivity index (χ0n) is 11.3. The standard InChI is InChI=1S/C13H22N4O/c1-8-4-5-10(6-9(8)2)16-13(18)11-7-15-17(3)12(11)14/h7-10H,4-6,14H2,1-3H3,(H,16,18). The number of carbonyl (C=O) groups is 1. The van der Waals surface area contributed by atoms with Gasteiger partial charge in [-0.25, -0.2) is 0 Å². The van der Waals surface area contributed by atoms with Crippen molar-refractivity contribution in [3.8, 4) is 0 Å². The molecule has 0 spiro atoms. The van der Waals surface area contributed by atoms with E-state index in [1.165, 1.54) is 17.3 Å². The van der Waals surface area contributed by atoms with Crippen molar-refractivity contribution in [3.05, 3.63) is 11.8 Å². The Bertz CT molecular complexity index is 440. The first-order valence-electron chi connectivity index (χ1n) is 6.57. The van der Waals surface area contributed by atoms with Crippen LogP contribution in [0.15, 0.2) is 6.20 Å². The summed E-state index contributed by atoms with van der Waals surface area (Å²) in [7, 11) is 1.73. The summed E-state index contributed by atoms with van der Waals surface area (Å²) in [4.78, 5) is 12.1. The highest BCUT2D eigenvalue weighted by molar-refractivity contribution is 5.98. The fraction of sp³-hybridized carbons (Fsp3) is 0.692. The van der Waals surface area contributed by atoms with Crippen LogP contribution >= 0.6 is 0 Å². The van der Waals surface area contributed by atoms with Crippen molar-refractivity contribution in [3.63, 3.8) is 0 Å². The Kier molecular flexibility index (Phi) is 3.59. The lowest BCUT2D eigenvalue weighted by atomic mass is 9.79. The van der Waals surface area contributed by atoms with Crippen molar-refractivity contribution in [2.24, 2.45) is 18.9 Å². The molecule has 1 saturated carbocycles. The molecule has 5 heteroatoms. The Morgan fingerprint density at radius 2 is 2.17 bits per heavy atom. The van der Waals surface area contributed by atoms with Crippen molar-refractivity contribution in [1.82, 2.24) is 15.1 Å². The van der Waals surface area contributed by atoms with Gasteiger partial charge in [0.15, 0.2) is 0 Å². The topological polar surface area (TPSA) is 72.9 Å². The lowest BCUT2D eigenvalue weighted by Gasteiger charge is -2.32. The molecule has 1 heterocycles. The highest BCUT2D eigenvalue weighted by atomic mass is 16.1. The Labute approximate surface area is 108 Å². The van der Waals surface area contributed by atoms with Gasteiger partial charge in [0.2, 0.25) is 0 Å². The van der Waals surface area contributed by atoms with Gasteiger partial charge in [0.05, 0.1) is 6.20 Å². The first kappa shape index (κ1) is 12.9. The molecular weight excluding hydrogens is 228 g/mol. The molecule has 18 heavy (non-hydrogen) atoms. The zero-order valence-corrected chi connectivity index (χ0v) is 11.3. The van der Waals surface area contributed by atoms with E-state index in [9.17, 15) is 4.79 Å². The van der Waals surface area contributed by atoms with Crippen LogP contribution in [0.5, 0.6) is 0 Å². The first-order valence-corrected chi connectivity index (χ1v) is 6.57. The summed E-state index contributed by atoms with van der Waals surface area (Å²) in [5.74, 6) is 1.73. The lowest BCUT2D eigenvalue weighted by Crippen LogP contribution is -2.40. The summed E-state index contributed by atoms with van der Waals surface area (Å²) in [6.07, 6.45) is 4.80. The van der Waals surface area contributed by atoms with Crippen LogP contribution in [0.2, 0.25) is 0 Å². The summed E-state index contributed by atoms with van der Waals surface area (Å²) in [5, 5.41) is 7.06. The maximum atomic E-state index is 12.1. The Morgan fingerprint density at radius 3 is 2.72 bits per heavy atom. The fourth-order valence-electron chi connectivity index (χ4n) is 2.56. The van der Waals surface area contributed by atoms with E-state index < -0.39 is 0 Å². The maximum Gasteiger partial charge on any atom is 0.256 e. The smallest absolute Gasteiger partial charge is 0.256 e. The number of aromatic nitrogens is 2. The summed E-state index contributed by atoms with van der Waals surface area (Å²) in [6.45, 7) is 4.53. The maximum absolute atomic E-state index is 12.1. The summed E-state index contributed by atoms with van der Waals surface area (Å²) < 4.78 is 1.51. The van der Waals surface area contributed by atoms with Crippen molar-refractivity contribution >= 4 is 11.7 Å². The molecule has 1 amide bonds. The number of hydrogen-bond donors (Lipinski definition) is 2. The molecule has 3 atom stereocenters. The monoisotopic (exact) mass is 250 g/mol. The van der Waals surface area contributed by atoms with Crippen LogP contribution in [0.3, 0.4) is 0 Å². The largest absolute Gasteiger partial charge is 0.383 e. The molecule has 0 bridgehead atoms. The van der Waals surface area contributed by atoms with E-state index in [2.05, 4.69) is 24.3 Å². The normalized spacial score (nSPS) is 28.1. The number of nitrogens with one attached hydrogen (secondary N) is 1. The van der Waals surface area contributed by atoms with Gasteiger partial charge in [0.1, 0.15) is 11.4 Å². The van der Waals surface area contributed by atoms with E-state index in [0.717, 1.165) is 18.8 Å². The lowest BCUT2D eigenvalue weighted by molar-refractivity contribution is 0.0911. The number of nitrogens with zero attached hydrogens (tertiary/aromatic N) is 2. The predicted molar refractivity (Wildman–Crippen MR) is 71.1 cm³/mol. The number of amides is 1. The van der Waals surface area contributed by atoms with Crippen LogP contribution in [0.4, 0.5) is 5.82 Å². The minimum atomic E-state index is -0.104. The van der Waals surface area contributed by atoms with Gasteiger partial charge in [-0.1, -0.05) is 13.8 Å². The van der Waals surface area contributed by atoms with E-state index in [1.54, 1.807) is 7.05 Å². The quantitative estimate of drug-likeness (QED) is 0.836. The second-order valence-corrected chi connectivity index (χ2v) is 5.51. The molecule has 1 aromatic rings. The molecule has 5 nitrogen and oxygen atoms in total. The molecule has 1 aromatic heterocycles. The average molecular weight is 250 g/mol. The second kappa shape index (κ2) is 5.00. The molecule has 2 rings (SSSR count). The number of carbonyl (C=O) groups excluding carboxylic acids is 1. The average Bonchev–Trinajstić information content (AvgIpc) is 2.65. The Balaban J connectivity index is 1.98. The summed E-state index contributed by atoms with van der Waals surface area (Å²) in [5.41, 5.74) is 6.27. The molecule has 3 unspecified atom stereocenters. The molecule has 0 radical (unpaired) electrons. The molecule has 0 saturated heterocycles. The van der Waals surface area contributed by atoms with E-state index in [-0.39, 0.29) is 11.9 Å². The van der Waals surface area contributed by atoms with Crippen LogP contribution in [0.1, 0.15) is 43.5 Å². The van der Waals surface area contributed by atoms with E-state index in [4.69, 9.17) is 5.73 Å². The second-order valence-electron chi connectivity index (χ2n) is 5.51. The van der Waals surface area contributed by atoms with Crippen LogP contribution < -0.4 is 11.1 Å². The van der Waals surface area contributed by atoms with Crippen molar-refractivity contribution in [1.29, 1.82) is 0 Å². The number of nitrogens with two attached hydrogens (primary N) is 1. The zero-order chi connectivity index (χ0) is 13.3. The minimum absolute atomic E-state index is 0.104. The van der Waals surface area contributed by atoms with E-state index >= 15 is 0 Å². The molecule has 0 aromatic carbocycles. The van der Waals surface area contributed by atoms with Gasteiger partial charge in [-0.05, 0) is 31.1 Å². The molecular formula is C13H22N4O. The number of anilines is 1. The van der Waals surface area contributed by atoms with Crippen LogP contribution in [-0.2, 0) is 7.05 Å². The van der Waals surface area contributed by atoms with Gasteiger partial charge in [0, 0.05) is 13.1 Å². The van der Waals surface area contributed by atoms with E-state index in [1.807, 2.05) is 0 Å². The summed E-state index contributed by atoms with van der Waals surface area (Å²) >= 11 is 0. The van der Waals surface area contributed by atoms with Gasteiger partial charge < -0.3 is 11.1 Å². The minimum Gasteiger partial charge on any atom is -0.383 e. The molecule has 1 fully saturated rings. The number of nitrogen functional groups attached to an aromatic ring is 1. The van der Waals surface area contributed by atoms with E-state index in [0.29, 0.717) is 17.3 Å². The Morgan fingerprint density at radius 1 is 1.44 bits per heavy atom. The molecule has 1 aliphatic rings. The van der Waals surface area contributed by atoms with Crippen LogP contribution in [0.25, 0.3) is 0 Å². The highest BCUT2D eigenvalue weighted by Gasteiger charge is 2.26. The van der Waals surface area contributed by atoms with Gasteiger partial charge in [-0.2, -0.15) is 5.10 Å². The third-order valence-corrected chi connectivity index (χ3v) is 4.16. The number of rotatable bonds is 2. The fourth-order valence-corrected chi connectivity index (χ4v) is 2.56. The molecule has 100 valence electrons. The Hall–Kier alpha value is -1.52. The van der Waals surface area contributed by atoms with Gasteiger partial charge in [-0.3, -0.25) is 9.48 Å². The number of aryl methyl sites for hydroxylation is 1. The van der Waals surface area contributed by atoms with Crippen LogP contribution in [-0.4, -0.2) is 21.7 Å². The highest BCUT2D eigenvalue weighted by Crippen LogP contribution is 2.29. The van der Waals surface area contributed by atoms with Crippen molar-refractivity contribution < 1.29 is 4.79 Å². The van der Waals surface area contributed by atoms with Gasteiger partial charge in [0.25, 0.3) is 5.91 Å².